The zero-order valence-electron chi connectivity index (χ0n) is 10.7. The number of halogens is 1. The largest absolute Gasteiger partial charge is 0.343 e. The van der Waals surface area contributed by atoms with Gasteiger partial charge in [0.25, 0.3) is 0 Å². The lowest BCUT2D eigenvalue weighted by Crippen LogP contribution is -1.99. The normalized spacial score (nSPS) is 10.7. The minimum atomic E-state index is -0.207. The monoisotopic (exact) mass is 262 g/mol. The molecule has 0 fully saturated rings. The summed E-state index contributed by atoms with van der Waals surface area (Å²) >= 11 is 5.23. The summed E-state index contributed by atoms with van der Waals surface area (Å²) in [4.78, 5) is 7.50. The summed E-state index contributed by atoms with van der Waals surface area (Å²) in [5.41, 5.74) is 3.18. The fraction of sp³-hybridized carbons (Fsp3) is 0.286. The summed E-state index contributed by atoms with van der Waals surface area (Å²) in [5.74, 6) is 0.614. The fourth-order valence-electron chi connectivity index (χ4n) is 1.78. The predicted molar refractivity (Wildman–Crippen MR) is 73.7 cm³/mol. The van der Waals surface area contributed by atoms with Gasteiger partial charge >= 0.3 is 0 Å². The van der Waals surface area contributed by atoms with Crippen molar-refractivity contribution in [2.24, 2.45) is 0 Å². The molecule has 0 unspecified atom stereocenters. The molecular weight excluding hydrogens is 247 g/mol. The average molecular weight is 262 g/mol. The molecule has 0 aliphatic rings. The first-order valence-electron chi connectivity index (χ1n) is 5.89. The summed E-state index contributed by atoms with van der Waals surface area (Å²) < 4.78 is 14.2. The van der Waals surface area contributed by atoms with Crippen molar-refractivity contribution in [3.8, 4) is 11.3 Å². The first kappa shape index (κ1) is 12.9. The van der Waals surface area contributed by atoms with Crippen LogP contribution in [0.2, 0.25) is 0 Å². The molecule has 0 amide bonds. The number of aryl methyl sites for hydroxylation is 2. The van der Waals surface area contributed by atoms with Crippen molar-refractivity contribution >= 4 is 12.2 Å². The van der Waals surface area contributed by atoms with E-state index in [0.717, 1.165) is 29.1 Å². The molecule has 2 rings (SSSR count). The first-order chi connectivity index (χ1) is 8.52. The minimum Gasteiger partial charge on any atom is -0.343 e. The minimum absolute atomic E-state index is 0.207. The maximum Gasteiger partial charge on any atom is 0.133 e. The lowest BCUT2D eigenvalue weighted by Gasteiger charge is -2.09. The second-order valence-corrected chi connectivity index (χ2v) is 4.69. The van der Waals surface area contributed by atoms with Crippen LogP contribution in [0.1, 0.15) is 23.9 Å². The Morgan fingerprint density at radius 2 is 2.06 bits per heavy atom. The van der Waals surface area contributed by atoms with Gasteiger partial charge < -0.3 is 4.98 Å². The molecule has 0 atom stereocenters. The Labute approximate surface area is 111 Å². The second-order valence-electron chi connectivity index (χ2n) is 4.31. The first-order valence-corrected chi connectivity index (χ1v) is 6.30. The number of aromatic amines is 1. The molecule has 0 radical (unpaired) electrons. The van der Waals surface area contributed by atoms with E-state index in [-0.39, 0.29) is 5.82 Å². The molecule has 1 aromatic heterocycles. The van der Waals surface area contributed by atoms with Gasteiger partial charge in [-0.15, -0.1) is 0 Å². The Balaban J connectivity index is 2.66. The van der Waals surface area contributed by atoms with E-state index in [9.17, 15) is 4.39 Å². The number of hydrogen-bond acceptors (Lipinski definition) is 2. The van der Waals surface area contributed by atoms with Crippen LogP contribution in [-0.4, -0.2) is 9.97 Å². The van der Waals surface area contributed by atoms with E-state index in [0.29, 0.717) is 10.2 Å². The third kappa shape index (κ3) is 2.34. The zero-order valence-corrected chi connectivity index (χ0v) is 11.5. The van der Waals surface area contributed by atoms with E-state index in [1.54, 1.807) is 13.0 Å². The number of benzene rings is 1. The molecule has 1 N–H and O–H groups in total. The van der Waals surface area contributed by atoms with Crippen LogP contribution in [0.15, 0.2) is 18.2 Å². The van der Waals surface area contributed by atoms with Crippen LogP contribution in [0.25, 0.3) is 11.3 Å². The number of nitrogens with one attached hydrogen (secondary N) is 1. The van der Waals surface area contributed by atoms with Crippen LogP contribution in [0.3, 0.4) is 0 Å². The zero-order chi connectivity index (χ0) is 13.3. The second kappa shape index (κ2) is 4.98. The van der Waals surface area contributed by atoms with E-state index in [1.165, 1.54) is 6.07 Å². The van der Waals surface area contributed by atoms with Crippen molar-refractivity contribution in [2.45, 2.75) is 27.2 Å². The maximum atomic E-state index is 13.6. The standard InChI is InChI=1S/C14H15FN2S/c1-4-12-16-13(9(3)14(18)17-12)10-6-5-8(2)11(15)7-10/h5-7H,4H2,1-3H3,(H,16,17,18). The number of H-pyrrole nitrogens is 1. The van der Waals surface area contributed by atoms with Crippen LogP contribution in [-0.2, 0) is 6.42 Å². The lowest BCUT2D eigenvalue weighted by atomic mass is 10.1. The van der Waals surface area contributed by atoms with Crippen LogP contribution in [0.4, 0.5) is 4.39 Å². The molecule has 0 aliphatic heterocycles. The number of aromatic nitrogens is 2. The molecule has 2 nitrogen and oxygen atoms in total. The highest BCUT2D eigenvalue weighted by molar-refractivity contribution is 7.71. The van der Waals surface area contributed by atoms with Gasteiger partial charge in [0, 0.05) is 17.5 Å². The van der Waals surface area contributed by atoms with Gasteiger partial charge in [0.05, 0.1) is 5.69 Å². The molecule has 2 aromatic rings. The van der Waals surface area contributed by atoms with Crippen molar-refractivity contribution in [2.75, 3.05) is 0 Å². The Bertz CT molecular complexity index is 647. The number of nitrogens with zero attached hydrogens (tertiary/aromatic N) is 1. The molecule has 0 bridgehead atoms. The van der Waals surface area contributed by atoms with Crippen molar-refractivity contribution in [3.63, 3.8) is 0 Å². The van der Waals surface area contributed by atoms with Gasteiger partial charge in [0.1, 0.15) is 16.3 Å². The molecule has 0 saturated heterocycles. The summed E-state index contributed by atoms with van der Waals surface area (Å²) in [6, 6.07) is 5.20. The molecule has 4 heteroatoms. The Hall–Kier alpha value is -1.55. The fourth-order valence-corrected chi connectivity index (χ4v) is 2.00. The van der Waals surface area contributed by atoms with E-state index in [2.05, 4.69) is 9.97 Å². The van der Waals surface area contributed by atoms with Crippen molar-refractivity contribution in [1.82, 2.24) is 9.97 Å². The van der Waals surface area contributed by atoms with Crippen LogP contribution in [0, 0.1) is 24.3 Å². The molecule has 1 heterocycles. The number of hydrogen-bond donors (Lipinski definition) is 1. The quantitative estimate of drug-likeness (QED) is 0.825. The van der Waals surface area contributed by atoms with Gasteiger partial charge in [-0.3, -0.25) is 0 Å². The van der Waals surface area contributed by atoms with Crippen molar-refractivity contribution in [1.29, 1.82) is 0 Å². The van der Waals surface area contributed by atoms with Crippen LogP contribution in [0.5, 0.6) is 0 Å². The Kier molecular flexibility index (Phi) is 3.57. The molecular formula is C14H15FN2S. The smallest absolute Gasteiger partial charge is 0.133 e. The van der Waals surface area contributed by atoms with Gasteiger partial charge in [-0.1, -0.05) is 31.3 Å². The molecule has 0 spiro atoms. The molecule has 1 aromatic carbocycles. The summed E-state index contributed by atoms with van der Waals surface area (Å²) in [5, 5.41) is 0. The summed E-state index contributed by atoms with van der Waals surface area (Å²) in [6.07, 6.45) is 0.769. The molecule has 18 heavy (non-hydrogen) atoms. The van der Waals surface area contributed by atoms with Gasteiger partial charge in [-0.25, -0.2) is 9.37 Å². The maximum absolute atomic E-state index is 13.6. The van der Waals surface area contributed by atoms with Crippen molar-refractivity contribution in [3.05, 3.63) is 45.6 Å². The Morgan fingerprint density at radius 1 is 1.33 bits per heavy atom. The number of rotatable bonds is 2. The topological polar surface area (TPSA) is 28.7 Å². The highest BCUT2D eigenvalue weighted by Gasteiger charge is 2.08. The lowest BCUT2D eigenvalue weighted by molar-refractivity contribution is 0.619. The predicted octanol–water partition coefficient (Wildman–Crippen LogP) is 4.12. The van der Waals surface area contributed by atoms with E-state index >= 15 is 0 Å². The van der Waals surface area contributed by atoms with E-state index < -0.39 is 0 Å². The van der Waals surface area contributed by atoms with Crippen molar-refractivity contribution < 1.29 is 4.39 Å². The Morgan fingerprint density at radius 3 is 2.67 bits per heavy atom. The van der Waals surface area contributed by atoms with Crippen LogP contribution >= 0.6 is 12.2 Å². The molecule has 0 saturated carbocycles. The SMILES string of the molecule is CCc1nc(=S)c(C)c(-c2ccc(C)c(F)c2)[nH]1. The third-order valence-corrected chi connectivity index (χ3v) is 3.39. The highest BCUT2D eigenvalue weighted by atomic mass is 32.1. The van der Waals surface area contributed by atoms with Gasteiger partial charge in [0.15, 0.2) is 0 Å². The summed E-state index contributed by atoms with van der Waals surface area (Å²) in [6.45, 7) is 5.65. The van der Waals surface area contributed by atoms with Gasteiger partial charge in [0.2, 0.25) is 0 Å². The van der Waals surface area contributed by atoms with Crippen LogP contribution < -0.4 is 0 Å². The molecule has 0 aliphatic carbocycles. The van der Waals surface area contributed by atoms with E-state index in [4.69, 9.17) is 12.2 Å². The molecule has 94 valence electrons. The van der Waals surface area contributed by atoms with Gasteiger partial charge in [-0.05, 0) is 25.5 Å². The van der Waals surface area contributed by atoms with E-state index in [1.807, 2.05) is 19.9 Å². The summed E-state index contributed by atoms with van der Waals surface area (Å²) in [7, 11) is 0. The van der Waals surface area contributed by atoms with Gasteiger partial charge in [-0.2, -0.15) is 0 Å². The third-order valence-electron chi connectivity index (χ3n) is 3.00. The highest BCUT2D eigenvalue weighted by Crippen LogP contribution is 2.23. The average Bonchev–Trinajstić information content (AvgIpc) is 2.36.